The van der Waals surface area contributed by atoms with Gasteiger partial charge >= 0.3 is 0 Å². The largest absolute Gasteiger partial charge is 0.483 e. The van der Waals surface area contributed by atoms with Crippen LogP contribution >= 0.6 is 0 Å². The van der Waals surface area contributed by atoms with E-state index in [1.54, 1.807) is 6.07 Å². The lowest BCUT2D eigenvalue weighted by atomic mass is 10.2. The van der Waals surface area contributed by atoms with E-state index in [-0.39, 0.29) is 11.9 Å². The van der Waals surface area contributed by atoms with E-state index in [0.717, 1.165) is 23.5 Å². The van der Waals surface area contributed by atoms with Crippen molar-refractivity contribution >= 4 is 11.0 Å². The van der Waals surface area contributed by atoms with Crippen molar-refractivity contribution < 1.29 is 9.13 Å². The van der Waals surface area contributed by atoms with E-state index in [0.29, 0.717) is 5.52 Å². The van der Waals surface area contributed by atoms with Gasteiger partial charge in [-0.3, -0.25) is 0 Å². The fraction of sp³-hybridized carbons (Fsp3) is 0.188. The Kier molecular flexibility index (Phi) is 3.37. The first-order valence-corrected chi connectivity index (χ1v) is 6.63. The molecule has 20 heavy (non-hydrogen) atoms. The molecule has 1 unspecified atom stereocenters. The second-order valence-electron chi connectivity index (χ2n) is 4.61. The summed E-state index contributed by atoms with van der Waals surface area (Å²) in [5.41, 5.74) is 1.44. The highest BCUT2D eigenvalue weighted by Gasteiger charge is 2.16. The van der Waals surface area contributed by atoms with E-state index in [4.69, 9.17) is 4.74 Å². The molecular weight excluding hydrogens is 255 g/mol. The molecule has 0 bridgehead atoms. The average Bonchev–Trinajstić information content (AvgIpc) is 2.88. The van der Waals surface area contributed by atoms with Gasteiger partial charge in [-0.2, -0.15) is 0 Å². The Balaban J connectivity index is 1.91. The Morgan fingerprint density at radius 3 is 2.75 bits per heavy atom. The number of hydrogen-bond acceptors (Lipinski definition) is 2. The number of halogens is 1. The van der Waals surface area contributed by atoms with Crippen LogP contribution in [0, 0.1) is 5.82 Å². The van der Waals surface area contributed by atoms with Gasteiger partial charge in [-0.05, 0) is 36.8 Å². The molecule has 1 N–H and O–H groups in total. The number of nitrogens with one attached hydrogen (secondary N) is 1. The van der Waals surface area contributed by atoms with Gasteiger partial charge in [0.05, 0.1) is 11.0 Å². The van der Waals surface area contributed by atoms with Crippen molar-refractivity contribution in [2.24, 2.45) is 0 Å². The molecule has 1 heterocycles. The van der Waals surface area contributed by atoms with Crippen LogP contribution in [-0.4, -0.2) is 9.97 Å². The van der Waals surface area contributed by atoms with Crippen molar-refractivity contribution in [2.75, 3.05) is 0 Å². The second kappa shape index (κ2) is 5.33. The van der Waals surface area contributed by atoms with Gasteiger partial charge in [0.15, 0.2) is 6.10 Å². The summed E-state index contributed by atoms with van der Waals surface area (Å²) in [6.07, 6.45) is 0.602. The summed E-state index contributed by atoms with van der Waals surface area (Å²) >= 11 is 0. The third-order valence-corrected chi connectivity index (χ3v) is 3.16. The molecule has 0 aliphatic rings. The molecule has 0 saturated heterocycles. The molecule has 0 radical (unpaired) electrons. The minimum atomic E-state index is -0.273. The molecule has 0 aliphatic carbocycles. The van der Waals surface area contributed by atoms with Gasteiger partial charge in [-0.1, -0.05) is 25.1 Å². The summed E-state index contributed by atoms with van der Waals surface area (Å²) in [6.45, 7) is 2.03. The summed E-state index contributed by atoms with van der Waals surface area (Å²) in [5.74, 6) is 1.24. The number of H-pyrrole nitrogens is 1. The molecule has 102 valence electrons. The van der Waals surface area contributed by atoms with Gasteiger partial charge in [-0.15, -0.1) is 0 Å². The minimum absolute atomic E-state index is 0.173. The Bertz CT molecular complexity index is 709. The summed E-state index contributed by atoms with van der Waals surface area (Å²) in [7, 11) is 0. The first-order valence-electron chi connectivity index (χ1n) is 6.63. The van der Waals surface area contributed by atoms with Crippen LogP contribution in [0.5, 0.6) is 5.75 Å². The lowest BCUT2D eigenvalue weighted by Crippen LogP contribution is -2.08. The SMILES string of the molecule is CCC(Oc1ccccc1)c1nc2ccc(F)cc2[nH]1. The van der Waals surface area contributed by atoms with Crippen molar-refractivity contribution in [3.63, 3.8) is 0 Å². The van der Waals surface area contributed by atoms with Crippen molar-refractivity contribution in [2.45, 2.75) is 19.4 Å². The number of aromatic amines is 1. The van der Waals surface area contributed by atoms with E-state index in [9.17, 15) is 4.39 Å². The minimum Gasteiger partial charge on any atom is -0.483 e. The highest BCUT2D eigenvalue weighted by Crippen LogP contribution is 2.24. The van der Waals surface area contributed by atoms with E-state index in [1.807, 2.05) is 37.3 Å². The molecule has 0 saturated carbocycles. The third-order valence-electron chi connectivity index (χ3n) is 3.16. The number of rotatable bonds is 4. The maximum Gasteiger partial charge on any atom is 0.156 e. The lowest BCUT2D eigenvalue weighted by Gasteiger charge is -2.15. The number of imidazole rings is 1. The Morgan fingerprint density at radius 1 is 1.20 bits per heavy atom. The zero-order valence-electron chi connectivity index (χ0n) is 11.1. The quantitative estimate of drug-likeness (QED) is 0.770. The highest BCUT2D eigenvalue weighted by molar-refractivity contribution is 5.75. The molecular formula is C16H15FN2O. The molecule has 0 amide bonds. The fourth-order valence-corrected chi connectivity index (χ4v) is 2.15. The smallest absolute Gasteiger partial charge is 0.156 e. The van der Waals surface area contributed by atoms with Crippen molar-refractivity contribution in [3.8, 4) is 5.75 Å². The number of nitrogens with zero attached hydrogens (tertiary/aromatic N) is 1. The number of benzene rings is 2. The highest BCUT2D eigenvalue weighted by atomic mass is 19.1. The Morgan fingerprint density at radius 2 is 2.00 bits per heavy atom. The van der Waals surface area contributed by atoms with Gasteiger partial charge < -0.3 is 9.72 Å². The van der Waals surface area contributed by atoms with Crippen LogP contribution in [0.25, 0.3) is 11.0 Å². The first-order chi connectivity index (χ1) is 9.76. The number of fused-ring (bicyclic) bond motifs is 1. The van der Waals surface area contributed by atoms with Gasteiger partial charge in [0.2, 0.25) is 0 Å². The van der Waals surface area contributed by atoms with Crippen LogP contribution in [0.2, 0.25) is 0 Å². The summed E-state index contributed by atoms with van der Waals surface area (Å²) < 4.78 is 19.1. The van der Waals surface area contributed by atoms with Crippen LogP contribution in [0.15, 0.2) is 48.5 Å². The molecule has 4 heteroatoms. The Hall–Kier alpha value is -2.36. The van der Waals surface area contributed by atoms with Crippen LogP contribution in [0.1, 0.15) is 25.3 Å². The number of ether oxygens (including phenoxy) is 1. The molecule has 1 aromatic heterocycles. The predicted molar refractivity (Wildman–Crippen MR) is 76.2 cm³/mol. The van der Waals surface area contributed by atoms with Crippen molar-refractivity contribution in [1.29, 1.82) is 0 Å². The predicted octanol–water partition coefficient (Wildman–Crippen LogP) is 4.23. The van der Waals surface area contributed by atoms with Crippen LogP contribution in [0.4, 0.5) is 4.39 Å². The normalized spacial score (nSPS) is 12.5. The molecule has 3 rings (SSSR count). The zero-order chi connectivity index (χ0) is 13.9. The molecule has 2 aromatic carbocycles. The molecule has 0 spiro atoms. The van der Waals surface area contributed by atoms with Crippen LogP contribution < -0.4 is 4.74 Å². The standard InChI is InChI=1S/C16H15FN2O/c1-2-15(20-12-6-4-3-5-7-12)16-18-13-9-8-11(17)10-14(13)19-16/h3-10,15H,2H2,1H3,(H,18,19). The van der Waals surface area contributed by atoms with E-state index in [2.05, 4.69) is 9.97 Å². The summed E-state index contributed by atoms with van der Waals surface area (Å²) in [6, 6.07) is 14.1. The Labute approximate surface area is 116 Å². The molecule has 1 atom stereocenters. The summed E-state index contributed by atoms with van der Waals surface area (Å²) in [5, 5.41) is 0. The maximum absolute atomic E-state index is 13.2. The molecule has 0 aliphatic heterocycles. The lowest BCUT2D eigenvalue weighted by molar-refractivity contribution is 0.192. The number of hydrogen-bond donors (Lipinski definition) is 1. The van der Waals surface area contributed by atoms with Gasteiger partial charge in [0.1, 0.15) is 17.4 Å². The molecule has 3 nitrogen and oxygen atoms in total. The van der Waals surface area contributed by atoms with Crippen molar-refractivity contribution in [1.82, 2.24) is 9.97 Å². The van der Waals surface area contributed by atoms with E-state index >= 15 is 0 Å². The summed E-state index contributed by atoms with van der Waals surface area (Å²) in [4.78, 5) is 7.61. The molecule has 3 aromatic rings. The monoisotopic (exact) mass is 270 g/mol. The van der Waals surface area contributed by atoms with Crippen molar-refractivity contribution in [3.05, 3.63) is 60.2 Å². The average molecular weight is 270 g/mol. The molecule has 0 fully saturated rings. The maximum atomic E-state index is 13.2. The topological polar surface area (TPSA) is 37.9 Å². The van der Waals surface area contributed by atoms with E-state index in [1.165, 1.54) is 12.1 Å². The fourth-order valence-electron chi connectivity index (χ4n) is 2.15. The first kappa shape index (κ1) is 12.7. The van der Waals surface area contributed by atoms with Gasteiger partial charge in [0.25, 0.3) is 0 Å². The second-order valence-corrected chi connectivity index (χ2v) is 4.61. The van der Waals surface area contributed by atoms with Gasteiger partial charge in [0, 0.05) is 0 Å². The zero-order valence-corrected chi connectivity index (χ0v) is 11.1. The van der Waals surface area contributed by atoms with Crippen LogP contribution in [0.3, 0.4) is 0 Å². The number of aromatic nitrogens is 2. The third kappa shape index (κ3) is 2.50. The number of para-hydroxylation sites is 1. The van der Waals surface area contributed by atoms with Gasteiger partial charge in [-0.25, -0.2) is 9.37 Å². The van der Waals surface area contributed by atoms with E-state index < -0.39 is 0 Å². The van der Waals surface area contributed by atoms with Crippen LogP contribution in [-0.2, 0) is 0 Å².